The van der Waals surface area contributed by atoms with E-state index in [1.807, 2.05) is 0 Å². The van der Waals surface area contributed by atoms with Crippen LogP contribution in [0.15, 0.2) is 29.4 Å². The summed E-state index contributed by atoms with van der Waals surface area (Å²) in [5, 5.41) is 7.12. The molecule has 0 aromatic carbocycles. The number of carboxylic acids is 1. The van der Waals surface area contributed by atoms with E-state index in [-0.39, 0.29) is 11.0 Å². The van der Waals surface area contributed by atoms with Crippen LogP contribution in [0.1, 0.15) is 19.3 Å². The van der Waals surface area contributed by atoms with Gasteiger partial charge in [-0.15, -0.1) is 0 Å². The average molecular weight is 426 g/mol. The first-order chi connectivity index (χ1) is 13.0. The Morgan fingerprint density at radius 3 is 2.64 bits per heavy atom. The summed E-state index contributed by atoms with van der Waals surface area (Å²) in [6, 6.07) is 3.22. The predicted octanol–water partition coefficient (Wildman–Crippen LogP) is 1.67. The normalized spacial score (nSPS) is 25.9. The standard InChI is InChI=1S/C14H20N2O4S.C2HF3O2/c1-19-12-8-14(20-10-12)5-3-7-16(11-14)21(17,18)13-4-2-6-15-9-13;3-2(4,5)1(6)7/h2,4,6,9,12H,3,5,7-8,10-11H2,1H3;(H,6,7)/t12-,14+;/m1./s1. The molecule has 0 bridgehead atoms. The van der Waals surface area contributed by atoms with E-state index in [1.165, 1.54) is 10.5 Å². The summed E-state index contributed by atoms with van der Waals surface area (Å²) in [6.07, 6.45) is 0.375. The number of ether oxygens (including phenoxy) is 2. The maximum absolute atomic E-state index is 12.7. The molecule has 158 valence electrons. The monoisotopic (exact) mass is 426 g/mol. The van der Waals surface area contributed by atoms with Crippen molar-refractivity contribution in [1.82, 2.24) is 9.29 Å². The zero-order chi connectivity index (χ0) is 21.0. The van der Waals surface area contributed by atoms with Crippen LogP contribution in [0.4, 0.5) is 13.2 Å². The molecule has 2 aliphatic heterocycles. The molecule has 2 fully saturated rings. The van der Waals surface area contributed by atoms with E-state index in [4.69, 9.17) is 19.4 Å². The molecule has 0 radical (unpaired) electrons. The van der Waals surface area contributed by atoms with E-state index >= 15 is 0 Å². The summed E-state index contributed by atoms with van der Waals surface area (Å²) in [5.74, 6) is -2.76. The van der Waals surface area contributed by atoms with Crippen molar-refractivity contribution in [1.29, 1.82) is 0 Å². The molecule has 3 heterocycles. The van der Waals surface area contributed by atoms with Crippen LogP contribution < -0.4 is 0 Å². The smallest absolute Gasteiger partial charge is 0.475 e. The Bertz CT molecular complexity index is 774. The number of aliphatic carboxylic acids is 1. The first-order valence-electron chi connectivity index (χ1n) is 8.37. The van der Waals surface area contributed by atoms with Crippen LogP contribution in [-0.4, -0.2) is 73.5 Å². The van der Waals surface area contributed by atoms with Gasteiger partial charge >= 0.3 is 12.1 Å². The molecule has 2 aliphatic rings. The largest absolute Gasteiger partial charge is 0.490 e. The van der Waals surface area contributed by atoms with Gasteiger partial charge in [0.1, 0.15) is 4.90 Å². The molecule has 1 N–H and O–H groups in total. The molecular formula is C16H21F3N2O6S. The number of sulfonamides is 1. The molecule has 0 saturated carbocycles. The third-order valence-electron chi connectivity index (χ3n) is 4.53. The van der Waals surface area contributed by atoms with Gasteiger partial charge in [-0.25, -0.2) is 13.2 Å². The summed E-state index contributed by atoms with van der Waals surface area (Å²) in [6.45, 7) is 1.46. The maximum Gasteiger partial charge on any atom is 0.490 e. The Morgan fingerprint density at radius 2 is 2.14 bits per heavy atom. The van der Waals surface area contributed by atoms with Gasteiger partial charge in [0.25, 0.3) is 0 Å². The Kier molecular flexibility index (Phi) is 7.02. The molecule has 12 heteroatoms. The number of nitrogens with zero attached hydrogens (tertiary/aromatic N) is 2. The van der Waals surface area contributed by atoms with Crippen molar-refractivity contribution in [2.75, 3.05) is 26.8 Å². The number of halogens is 3. The third-order valence-corrected chi connectivity index (χ3v) is 6.36. The predicted molar refractivity (Wildman–Crippen MR) is 90.0 cm³/mol. The van der Waals surface area contributed by atoms with Crippen LogP contribution in [0.5, 0.6) is 0 Å². The van der Waals surface area contributed by atoms with Gasteiger partial charge in [0.15, 0.2) is 0 Å². The van der Waals surface area contributed by atoms with E-state index < -0.39 is 27.8 Å². The minimum atomic E-state index is -5.08. The number of aromatic nitrogens is 1. The number of hydrogen-bond acceptors (Lipinski definition) is 6. The number of alkyl halides is 3. The molecule has 2 atom stereocenters. The lowest BCUT2D eigenvalue weighted by molar-refractivity contribution is -0.192. The number of hydrogen-bond donors (Lipinski definition) is 1. The van der Waals surface area contributed by atoms with Crippen LogP contribution in [0.25, 0.3) is 0 Å². The molecule has 1 spiro atoms. The zero-order valence-corrected chi connectivity index (χ0v) is 15.9. The van der Waals surface area contributed by atoms with Gasteiger partial charge in [0.2, 0.25) is 10.0 Å². The van der Waals surface area contributed by atoms with Crippen molar-refractivity contribution < 1.29 is 41.0 Å². The van der Waals surface area contributed by atoms with E-state index in [0.29, 0.717) is 19.7 Å². The van der Waals surface area contributed by atoms with Gasteiger partial charge in [0, 0.05) is 39.0 Å². The molecule has 1 aromatic heterocycles. The molecule has 0 aliphatic carbocycles. The van der Waals surface area contributed by atoms with Crippen LogP contribution >= 0.6 is 0 Å². The molecule has 2 saturated heterocycles. The Balaban J connectivity index is 0.000000345. The van der Waals surface area contributed by atoms with Gasteiger partial charge in [0.05, 0.1) is 18.3 Å². The highest BCUT2D eigenvalue weighted by Gasteiger charge is 2.46. The number of pyridine rings is 1. The fourth-order valence-electron chi connectivity index (χ4n) is 3.15. The van der Waals surface area contributed by atoms with Crippen molar-refractivity contribution in [3.05, 3.63) is 24.5 Å². The molecule has 8 nitrogen and oxygen atoms in total. The second kappa shape index (κ2) is 8.72. The Hall–Kier alpha value is -1.76. The van der Waals surface area contributed by atoms with Crippen LogP contribution in [-0.2, 0) is 24.3 Å². The van der Waals surface area contributed by atoms with Crippen molar-refractivity contribution in [2.45, 2.75) is 42.0 Å². The van der Waals surface area contributed by atoms with Crippen molar-refractivity contribution in [3.8, 4) is 0 Å². The topological polar surface area (TPSA) is 106 Å². The number of methoxy groups -OCH3 is 1. The lowest BCUT2D eigenvalue weighted by Crippen LogP contribution is -2.50. The lowest BCUT2D eigenvalue weighted by Gasteiger charge is -2.38. The van der Waals surface area contributed by atoms with Crippen molar-refractivity contribution in [3.63, 3.8) is 0 Å². The summed E-state index contributed by atoms with van der Waals surface area (Å²) < 4.78 is 69.9. The quantitative estimate of drug-likeness (QED) is 0.784. The van der Waals surface area contributed by atoms with Crippen molar-refractivity contribution >= 4 is 16.0 Å². The Labute approximate surface area is 160 Å². The highest BCUT2D eigenvalue weighted by atomic mass is 32.2. The van der Waals surface area contributed by atoms with Crippen LogP contribution in [0.3, 0.4) is 0 Å². The van der Waals surface area contributed by atoms with Gasteiger partial charge in [-0.1, -0.05) is 0 Å². The molecule has 28 heavy (non-hydrogen) atoms. The highest BCUT2D eigenvalue weighted by Crippen LogP contribution is 2.37. The summed E-state index contributed by atoms with van der Waals surface area (Å²) in [4.78, 5) is 13.0. The van der Waals surface area contributed by atoms with E-state index in [0.717, 1.165) is 19.3 Å². The van der Waals surface area contributed by atoms with E-state index in [1.54, 1.807) is 25.4 Å². The van der Waals surface area contributed by atoms with Crippen molar-refractivity contribution in [2.24, 2.45) is 0 Å². The molecule has 0 amide bonds. The van der Waals surface area contributed by atoms with Crippen LogP contribution in [0, 0.1) is 0 Å². The molecule has 3 rings (SSSR count). The molecular weight excluding hydrogens is 405 g/mol. The summed E-state index contributed by atoms with van der Waals surface area (Å²) >= 11 is 0. The maximum atomic E-state index is 12.7. The molecule has 1 aromatic rings. The number of carbonyl (C=O) groups is 1. The van der Waals surface area contributed by atoms with Gasteiger partial charge in [-0.05, 0) is 25.0 Å². The average Bonchev–Trinajstić information content (AvgIpc) is 3.04. The fourth-order valence-corrected chi connectivity index (χ4v) is 4.67. The zero-order valence-electron chi connectivity index (χ0n) is 15.1. The lowest BCUT2D eigenvalue weighted by atomic mass is 9.90. The summed E-state index contributed by atoms with van der Waals surface area (Å²) in [5.41, 5.74) is -0.395. The number of carboxylic acid groups (broad SMARTS) is 1. The minimum absolute atomic E-state index is 0.0612. The second-order valence-electron chi connectivity index (χ2n) is 6.49. The van der Waals surface area contributed by atoms with E-state index in [9.17, 15) is 21.6 Å². The Morgan fingerprint density at radius 1 is 1.46 bits per heavy atom. The van der Waals surface area contributed by atoms with Gasteiger partial charge < -0.3 is 14.6 Å². The second-order valence-corrected chi connectivity index (χ2v) is 8.43. The third kappa shape index (κ3) is 5.40. The SMILES string of the molecule is CO[C@H]1CO[C@@]2(CCCN(S(=O)(=O)c3cccnc3)C2)C1.O=C(O)C(F)(F)F. The fraction of sp³-hybridized carbons (Fsp3) is 0.625. The first-order valence-corrected chi connectivity index (χ1v) is 9.81. The highest BCUT2D eigenvalue weighted by molar-refractivity contribution is 7.89. The van der Waals surface area contributed by atoms with Gasteiger partial charge in [-0.2, -0.15) is 17.5 Å². The minimum Gasteiger partial charge on any atom is -0.475 e. The van der Waals surface area contributed by atoms with Gasteiger partial charge in [-0.3, -0.25) is 4.98 Å². The molecule has 0 unspecified atom stereocenters. The summed E-state index contributed by atoms with van der Waals surface area (Å²) in [7, 11) is -1.83. The number of piperidine rings is 1. The number of rotatable bonds is 3. The van der Waals surface area contributed by atoms with Crippen LogP contribution in [0.2, 0.25) is 0 Å². The van der Waals surface area contributed by atoms with E-state index in [2.05, 4.69) is 4.98 Å². The first kappa shape index (κ1) is 22.5.